The Kier molecular flexibility index (Phi) is 4.25. The van der Waals surface area contributed by atoms with Crippen molar-refractivity contribution in [2.75, 3.05) is 0 Å². The van der Waals surface area contributed by atoms with Crippen LogP contribution in [0, 0.1) is 25.5 Å². The van der Waals surface area contributed by atoms with Crippen molar-refractivity contribution in [2.24, 2.45) is 7.05 Å². The van der Waals surface area contributed by atoms with Gasteiger partial charge < -0.3 is 0 Å². The zero-order chi connectivity index (χ0) is 16.7. The average Bonchev–Trinajstić information content (AvgIpc) is 2.78. The molecule has 0 unspecified atom stereocenters. The van der Waals surface area contributed by atoms with E-state index < -0.39 is 11.6 Å². The third-order valence-electron chi connectivity index (χ3n) is 3.78. The summed E-state index contributed by atoms with van der Waals surface area (Å²) < 4.78 is 28.8. The van der Waals surface area contributed by atoms with Gasteiger partial charge in [-0.2, -0.15) is 0 Å². The fourth-order valence-corrected chi connectivity index (χ4v) is 4.35. The lowest BCUT2D eigenvalue weighted by Crippen LogP contribution is -2.19. The molecule has 0 bridgehead atoms. The van der Waals surface area contributed by atoms with Crippen LogP contribution in [-0.4, -0.2) is 9.55 Å². The van der Waals surface area contributed by atoms with Crippen LogP contribution in [0.25, 0.3) is 10.2 Å². The van der Waals surface area contributed by atoms with Gasteiger partial charge in [0.25, 0.3) is 5.56 Å². The Morgan fingerprint density at radius 1 is 1.26 bits per heavy atom. The van der Waals surface area contributed by atoms with Gasteiger partial charge in [0, 0.05) is 23.2 Å². The van der Waals surface area contributed by atoms with Gasteiger partial charge in [-0.1, -0.05) is 17.8 Å². The predicted molar refractivity (Wildman–Crippen MR) is 90.3 cm³/mol. The number of thioether (sulfide) groups is 1. The summed E-state index contributed by atoms with van der Waals surface area (Å²) in [5.74, 6) is -1.11. The van der Waals surface area contributed by atoms with E-state index in [2.05, 4.69) is 4.98 Å². The minimum absolute atomic E-state index is 0.00890. The van der Waals surface area contributed by atoms with Crippen LogP contribution in [0.5, 0.6) is 0 Å². The van der Waals surface area contributed by atoms with E-state index in [0.717, 1.165) is 22.2 Å². The molecule has 0 N–H and O–H groups in total. The van der Waals surface area contributed by atoms with Crippen molar-refractivity contribution in [1.29, 1.82) is 0 Å². The second kappa shape index (κ2) is 6.05. The van der Waals surface area contributed by atoms with Crippen LogP contribution in [-0.2, 0) is 12.8 Å². The summed E-state index contributed by atoms with van der Waals surface area (Å²) in [5.41, 5.74) is 0.800. The zero-order valence-electron chi connectivity index (χ0n) is 12.8. The van der Waals surface area contributed by atoms with Crippen LogP contribution >= 0.6 is 23.1 Å². The quantitative estimate of drug-likeness (QED) is 0.524. The summed E-state index contributed by atoms with van der Waals surface area (Å²) in [5, 5.41) is 1.07. The van der Waals surface area contributed by atoms with Crippen LogP contribution in [0.2, 0.25) is 0 Å². The first-order valence-corrected chi connectivity index (χ1v) is 8.72. The normalized spacial score (nSPS) is 11.3. The fraction of sp³-hybridized carbons (Fsp3) is 0.250. The molecule has 0 aliphatic carbocycles. The number of hydrogen-bond donors (Lipinski definition) is 0. The lowest BCUT2D eigenvalue weighted by Gasteiger charge is -2.08. The summed E-state index contributed by atoms with van der Waals surface area (Å²) >= 11 is 2.61. The van der Waals surface area contributed by atoms with Gasteiger partial charge in [0.1, 0.15) is 16.5 Å². The van der Waals surface area contributed by atoms with Crippen molar-refractivity contribution in [3.8, 4) is 0 Å². The van der Waals surface area contributed by atoms with Crippen molar-refractivity contribution in [1.82, 2.24) is 9.55 Å². The summed E-state index contributed by atoms with van der Waals surface area (Å²) in [6, 6.07) is 3.78. The number of aryl methyl sites for hydroxylation is 2. The van der Waals surface area contributed by atoms with E-state index >= 15 is 0 Å². The number of hydrogen-bond acceptors (Lipinski definition) is 4. The Hall–Kier alpha value is -1.73. The van der Waals surface area contributed by atoms with Crippen molar-refractivity contribution in [3.63, 3.8) is 0 Å². The minimum Gasteiger partial charge on any atom is -0.290 e. The SMILES string of the molecule is Cc1sc2nc(SCc3c(F)cccc3F)n(C)c(=O)c2c1C. The van der Waals surface area contributed by atoms with E-state index in [0.29, 0.717) is 15.4 Å². The summed E-state index contributed by atoms with van der Waals surface area (Å²) in [6.45, 7) is 3.85. The maximum absolute atomic E-state index is 13.7. The number of benzene rings is 1. The Morgan fingerprint density at radius 3 is 2.57 bits per heavy atom. The van der Waals surface area contributed by atoms with Gasteiger partial charge in [0.05, 0.1) is 5.39 Å². The van der Waals surface area contributed by atoms with Gasteiger partial charge >= 0.3 is 0 Å². The Labute approximate surface area is 140 Å². The topological polar surface area (TPSA) is 34.9 Å². The molecule has 0 aliphatic heterocycles. The molecule has 3 rings (SSSR count). The van der Waals surface area contributed by atoms with Crippen LogP contribution in [0.3, 0.4) is 0 Å². The molecular weight excluding hydrogens is 338 g/mol. The van der Waals surface area contributed by atoms with E-state index in [1.54, 1.807) is 7.05 Å². The molecule has 0 fully saturated rings. The van der Waals surface area contributed by atoms with Gasteiger partial charge in [-0.25, -0.2) is 13.8 Å². The van der Waals surface area contributed by atoms with E-state index in [-0.39, 0.29) is 16.9 Å². The highest BCUT2D eigenvalue weighted by Crippen LogP contribution is 2.29. The molecule has 120 valence electrons. The molecule has 0 aliphatic rings. The minimum atomic E-state index is -0.591. The third kappa shape index (κ3) is 2.79. The number of halogens is 2. The number of rotatable bonds is 3. The first kappa shape index (κ1) is 16.1. The Morgan fingerprint density at radius 2 is 1.91 bits per heavy atom. The molecule has 0 spiro atoms. The molecule has 0 saturated carbocycles. The van der Waals surface area contributed by atoms with Gasteiger partial charge in [0.15, 0.2) is 5.16 Å². The molecule has 1 aromatic carbocycles. The molecular formula is C16H14F2N2OS2. The zero-order valence-corrected chi connectivity index (χ0v) is 14.4. The van der Waals surface area contributed by atoms with E-state index in [1.165, 1.54) is 34.1 Å². The lowest BCUT2D eigenvalue weighted by atomic mass is 10.2. The van der Waals surface area contributed by atoms with Gasteiger partial charge in [-0.3, -0.25) is 9.36 Å². The fourth-order valence-electron chi connectivity index (χ4n) is 2.29. The van der Waals surface area contributed by atoms with Crippen LogP contribution in [0.1, 0.15) is 16.0 Å². The van der Waals surface area contributed by atoms with Gasteiger partial charge in [0.2, 0.25) is 0 Å². The number of fused-ring (bicyclic) bond motifs is 1. The second-order valence-electron chi connectivity index (χ2n) is 5.21. The Balaban J connectivity index is 2.01. The summed E-state index contributed by atoms with van der Waals surface area (Å²) in [4.78, 5) is 18.7. The highest BCUT2D eigenvalue weighted by atomic mass is 32.2. The number of thiophene rings is 1. The maximum Gasteiger partial charge on any atom is 0.262 e. The molecule has 7 heteroatoms. The van der Waals surface area contributed by atoms with Crippen molar-refractivity contribution in [2.45, 2.75) is 24.8 Å². The van der Waals surface area contributed by atoms with Crippen molar-refractivity contribution >= 4 is 33.3 Å². The summed E-state index contributed by atoms with van der Waals surface area (Å²) in [7, 11) is 1.63. The van der Waals surface area contributed by atoms with Crippen molar-refractivity contribution in [3.05, 3.63) is 56.2 Å². The van der Waals surface area contributed by atoms with E-state index in [1.807, 2.05) is 13.8 Å². The monoisotopic (exact) mass is 352 g/mol. The van der Waals surface area contributed by atoms with Crippen molar-refractivity contribution < 1.29 is 8.78 Å². The third-order valence-corrected chi connectivity index (χ3v) is 5.93. The first-order chi connectivity index (χ1) is 10.9. The molecule has 0 amide bonds. The highest BCUT2D eigenvalue weighted by molar-refractivity contribution is 7.98. The number of aromatic nitrogens is 2. The van der Waals surface area contributed by atoms with Gasteiger partial charge in [-0.15, -0.1) is 11.3 Å². The molecule has 3 nitrogen and oxygen atoms in total. The molecule has 23 heavy (non-hydrogen) atoms. The van der Waals surface area contributed by atoms with Gasteiger partial charge in [-0.05, 0) is 31.5 Å². The van der Waals surface area contributed by atoms with Crippen LogP contribution < -0.4 is 5.56 Å². The standard InChI is InChI=1S/C16H14F2N2OS2/c1-8-9(2)23-14-13(8)15(21)20(3)16(19-14)22-7-10-11(17)5-4-6-12(10)18/h4-6H,7H2,1-3H3. The van der Waals surface area contributed by atoms with Crippen LogP contribution in [0.4, 0.5) is 8.78 Å². The van der Waals surface area contributed by atoms with E-state index in [9.17, 15) is 13.6 Å². The molecule has 2 aromatic heterocycles. The van der Waals surface area contributed by atoms with Crippen LogP contribution in [0.15, 0.2) is 28.2 Å². The highest BCUT2D eigenvalue weighted by Gasteiger charge is 2.16. The lowest BCUT2D eigenvalue weighted by molar-refractivity contribution is 0.566. The smallest absolute Gasteiger partial charge is 0.262 e. The maximum atomic E-state index is 13.7. The predicted octanol–water partition coefficient (Wildman–Crippen LogP) is 4.18. The molecule has 0 saturated heterocycles. The first-order valence-electron chi connectivity index (χ1n) is 6.92. The molecule has 3 aromatic rings. The molecule has 0 atom stereocenters. The Bertz CT molecular complexity index is 943. The molecule has 2 heterocycles. The number of nitrogens with zero attached hydrogens (tertiary/aromatic N) is 2. The second-order valence-corrected chi connectivity index (χ2v) is 7.36. The largest absolute Gasteiger partial charge is 0.290 e. The summed E-state index contributed by atoms with van der Waals surface area (Å²) in [6.07, 6.45) is 0. The molecule has 0 radical (unpaired) electrons. The average molecular weight is 352 g/mol. The van der Waals surface area contributed by atoms with E-state index in [4.69, 9.17) is 0 Å².